The molecule has 0 atom stereocenters. The Labute approximate surface area is 119 Å². The van der Waals surface area contributed by atoms with Crippen molar-refractivity contribution < 1.29 is 24.2 Å². The molecule has 0 unspecified atom stereocenters. The maximum absolute atomic E-state index is 11.5. The van der Waals surface area contributed by atoms with E-state index in [4.69, 9.17) is 16.7 Å². The van der Waals surface area contributed by atoms with E-state index in [9.17, 15) is 14.4 Å². The molecule has 1 rings (SSSR count). The second-order valence-corrected chi connectivity index (χ2v) is 4.11. The zero-order valence-corrected chi connectivity index (χ0v) is 11.4. The third-order valence-corrected chi connectivity index (χ3v) is 2.61. The molecule has 8 heteroatoms. The number of ether oxygens (including phenoxy) is 1. The van der Waals surface area contributed by atoms with Gasteiger partial charge in [-0.2, -0.15) is 0 Å². The van der Waals surface area contributed by atoms with Gasteiger partial charge in [0.2, 0.25) is 0 Å². The highest BCUT2D eigenvalue weighted by atomic mass is 35.5. The van der Waals surface area contributed by atoms with E-state index in [1.54, 1.807) is 0 Å². The number of methoxy groups -OCH3 is 1. The van der Waals surface area contributed by atoms with Crippen molar-refractivity contribution in [3.05, 3.63) is 28.8 Å². The van der Waals surface area contributed by atoms with Gasteiger partial charge in [-0.3, -0.25) is 4.79 Å². The number of carboxylic acids is 1. The molecule has 0 saturated carbocycles. The van der Waals surface area contributed by atoms with Gasteiger partial charge in [0.1, 0.15) is 0 Å². The minimum atomic E-state index is -1.15. The number of benzene rings is 1. The number of carbonyl (C=O) groups excluding carboxylic acids is 2. The molecule has 0 heterocycles. The molecule has 3 N–H and O–H groups in total. The third kappa shape index (κ3) is 4.77. The Morgan fingerprint density at radius 1 is 1.35 bits per heavy atom. The van der Waals surface area contributed by atoms with Crippen LogP contribution in [0.1, 0.15) is 16.8 Å². The van der Waals surface area contributed by atoms with Gasteiger partial charge in [0.05, 0.1) is 24.1 Å². The third-order valence-electron chi connectivity index (χ3n) is 2.30. The minimum absolute atomic E-state index is 0.0184. The van der Waals surface area contributed by atoms with Crippen molar-refractivity contribution in [2.24, 2.45) is 0 Å². The van der Waals surface area contributed by atoms with Crippen LogP contribution in [0.25, 0.3) is 0 Å². The fourth-order valence-electron chi connectivity index (χ4n) is 1.32. The van der Waals surface area contributed by atoms with Gasteiger partial charge < -0.3 is 20.5 Å². The maximum atomic E-state index is 11.5. The number of anilines is 1. The molecule has 0 saturated heterocycles. The van der Waals surface area contributed by atoms with Crippen molar-refractivity contribution >= 4 is 35.3 Å². The van der Waals surface area contributed by atoms with Gasteiger partial charge >= 0.3 is 18.0 Å². The fourth-order valence-corrected chi connectivity index (χ4v) is 1.58. The topological polar surface area (TPSA) is 105 Å². The summed E-state index contributed by atoms with van der Waals surface area (Å²) in [5.41, 5.74) is 0.291. The number of nitrogens with one attached hydrogen (secondary N) is 2. The van der Waals surface area contributed by atoms with Crippen molar-refractivity contribution in [3.63, 3.8) is 0 Å². The van der Waals surface area contributed by atoms with Gasteiger partial charge in [-0.1, -0.05) is 11.6 Å². The fraction of sp³-hybridized carbons (Fsp3) is 0.250. The molecule has 20 heavy (non-hydrogen) atoms. The molecule has 0 aliphatic carbocycles. The zero-order chi connectivity index (χ0) is 15.1. The summed E-state index contributed by atoms with van der Waals surface area (Å²) in [6.07, 6.45) is 0.0582. The number of carboxylic acid groups (broad SMARTS) is 1. The number of halogens is 1. The number of hydrogen-bond acceptors (Lipinski definition) is 4. The number of esters is 1. The Morgan fingerprint density at radius 3 is 2.60 bits per heavy atom. The average molecular weight is 301 g/mol. The largest absolute Gasteiger partial charge is 0.478 e. The van der Waals surface area contributed by atoms with E-state index in [2.05, 4.69) is 15.4 Å². The summed E-state index contributed by atoms with van der Waals surface area (Å²) >= 11 is 5.76. The van der Waals surface area contributed by atoms with E-state index >= 15 is 0 Å². The number of rotatable bonds is 5. The molecule has 0 spiro atoms. The lowest BCUT2D eigenvalue weighted by Gasteiger charge is -2.08. The van der Waals surface area contributed by atoms with Crippen molar-refractivity contribution in [1.29, 1.82) is 0 Å². The van der Waals surface area contributed by atoms with Gasteiger partial charge in [0, 0.05) is 12.2 Å². The second-order valence-electron chi connectivity index (χ2n) is 3.71. The average Bonchev–Trinajstić information content (AvgIpc) is 2.38. The molecular weight excluding hydrogens is 288 g/mol. The van der Waals surface area contributed by atoms with E-state index in [1.165, 1.54) is 25.3 Å². The van der Waals surface area contributed by atoms with Crippen LogP contribution in [0.3, 0.4) is 0 Å². The predicted molar refractivity (Wildman–Crippen MR) is 72.1 cm³/mol. The molecule has 0 aliphatic heterocycles. The summed E-state index contributed by atoms with van der Waals surface area (Å²) in [6.45, 7) is 0.124. The molecule has 7 nitrogen and oxygen atoms in total. The normalized spacial score (nSPS) is 9.70. The summed E-state index contributed by atoms with van der Waals surface area (Å²) in [5.74, 6) is -1.58. The van der Waals surface area contributed by atoms with Crippen LogP contribution in [-0.4, -0.2) is 36.7 Å². The smallest absolute Gasteiger partial charge is 0.337 e. The Balaban J connectivity index is 2.52. The predicted octanol–water partition coefficient (Wildman–Crippen LogP) is 1.72. The highest BCUT2D eigenvalue weighted by Crippen LogP contribution is 2.20. The molecular formula is C12H13ClN2O5. The van der Waals surface area contributed by atoms with Crippen LogP contribution in [0.4, 0.5) is 10.5 Å². The molecule has 0 aliphatic rings. The van der Waals surface area contributed by atoms with E-state index in [1.807, 2.05) is 0 Å². The first-order valence-electron chi connectivity index (χ1n) is 5.58. The Hall–Kier alpha value is -2.28. The van der Waals surface area contributed by atoms with Gasteiger partial charge in [0.15, 0.2) is 0 Å². The summed E-state index contributed by atoms with van der Waals surface area (Å²) in [4.78, 5) is 33.1. The molecule has 1 aromatic carbocycles. The lowest BCUT2D eigenvalue weighted by Crippen LogP contribution is -2.30. The second kappa shape index (κ2) is 7.34. The Morgan fingerprint density at radius 2 is 2.05 bits per heavy atom. The number of urea groups is 1. The van der Waals surface area contributed by atoms with Crippen molar-refractivity contribution in [3.8, 4) is 0 Å². The van der Waals surface area contributed by atoms with Crippen molar-refractivity contribution in [2.45, 2.75) is 6.42 Å². The van der Waals surface area contributed by atoms with Crippen LogP contribution < -0.4 is 10.6 Å². The van der Waals surface area contributed by atoms with Gasteiger partial charge in [-0.15, -0.1) is 0 Å². The van der Waals surface area contributed by atoms with Crippen LogP contribution in [0.5, 0.6) is 0 Å². The van der Waals surface area contributed by atoms with Crippen molar-refractivity contribution in [2.75, 3.05) is 19.0 Å². The number of hydrogen-bond donors (Lipinski definition) is 3. The molecule has 0 radical (unpaired) electrons. The summed E-state index contributed by atoms with van der Waals surface area (Å²) in [6, 6.07) is 3.49. The van der Waals surface area contributed by atoms with E-state index in [0.717, 1.165) is 0 Å². The standard InChI is InChI=1S/C12H13ClN2O5/c1-20-10(16)4-5-14-12(19)15-7-2-3-8(11(17)18)9(13)6-7/h2-3,6H,4-5H2,1H3,(H,17,18)(H2,14,15,19). The first-order valence-corrected chi connectivity index (χ1v) is 5.96. The van der Waals surface area contributed by atoms with Crippen LogP contribution >= 0.6 is 11.6 Å². The van der Waals surface area contributed by atoms with Crippen LogP contribution in [0.2, 0.25) is 5.02 Å². The summed E-state index contributed by atoms with van der Waals surface area (Å²) in [5, 5.41) is 13.7. The molecule has 108 valence electrons. The Bertz CT molecular complexity index is 533. The number of carbonyl (C=O) groups is 3. The molecule has 0 fully saturated rings. The van der Waals surface area contributed by atoms with Crippen LogP contribution in [0.15, 0.2) is 18.2 Å². The lowest BCUT2D eigenvalue weighted by molar-refractivity contribution is -0.140. The van der Waals surface area contributed by atoms with Gasteiger partial charge in [-0.05, 0) is 18.2 Å². The highest BCUT2D eigenvalue weighted by Gasteiger charge is 2.10. The maximum Gasteiger partial charge on any atom is 0.337 e. The van der Waals surface area contributed by atoms with E-state index in [0.29, 0.717) is 5.69 Å². The molecule has 2 amide bonds. The quantitative estimate of drug-likeness (QED) is 0.718. The summed E-state index contributed by atoms with van der Waals surface area (Å²) < 4.78 is 4.42. The van der Waals surface area contributed by atoms with Crippen LogP contribution in [-0.2, 0) is 9.53 Å². The first-order chi connectivity index (χ1) is 9.43. The number of aromatic carboxylic acids is 1. The zero-order valence-electron chi connectivity index (χ0n) is 10.6. The van der Waals surface area contributed by atoms with Crippen LogP contribution in [0, 0.1) is 0 Å². The summed E-state index contributed by atoms with van der Waals surface area (Å²) in [7, 11) is 1.26. The van der Waals surface area contributed by atoms with Gasteiger partial charge in [-0.25, -0.2) is 9.59 Å². The van der Waals surface area contributed by atoms with Crippen molar-refractivity contribution in [1.82, 2.24) is 5.32 Å². The molecule has 1 aromatic rings. The van der Waals surface area contributed by atoms with E-state index < -0.39 is 18.0 Å². The SMILES string of the molecule is COC(=O)CCNC(=O)Nc1ccc(C(=O)O)c(Cl)c1. The molecule has 0 aromatic heterocycles. The van der Waals surface area contributed by atoms with E-state index in [-0.39, 0.29) is 23.6 Å². The molecule has 0 bridgehead atoms. The van der Waals surface area contributed by atoms with Gasteiger partial charge in [0.25, 0.3) is 0 Å². The lowest BCUT2D eigenvalue weighted by atomic mass is 10.2. The number of amides is 2. The Kier molecular flexibility index (Phi) is 5.79. The highest BCUT2D eigenvalue weighted by molar-refractivity contribution is 6.33. The first kappa shape index (κ1) is 15.8. The monoisotopic (exact) mass is 300 g/mol. The minimum Gasteiger partial charge on any atom is -0.478 e.